The van der Waals surface area contributed by atoms with Gasteiger partial charge in [-0.15, -0.1) is 0 Å². The lowest BCUT2D eigenvalue weighted by atomic mass is 10.0. The normalized spacial score (nSPS) is 22.8. The minimum absolute atomic E-state index is 0.122. The number of likely N-dealkylation sites (N-methyl/N-ethyl adjacent to an activating group) is 2. The molecule has 2 amide bonds. The number of carbonyl (C=O) groups excluding carboxylic acids is 1. The summed E-state index contributed by atoms with van der Waals surface area (Å²) in [7, 11) is 1.58. The van der Waals surface area contributed by atoms with Crippen LogP contribution in [0.5, 0.6) is 0 Å². The largest absolute Gasteiger partial charge is 0.481 e. The van der Waals surface area contributed by atoms with Crippen molar-refractivity contribution < 1.29 is 24.5 Å². The molecule has 1 aliphatic rings. The maximum absolute atomic E-state index is 12.1. The van der Waals surface area contributed by atoms with Gasteiger partial charge in [0.1, 0.15) is 5.92 Å². The zero-order chi connectivity index (χ0) is 13.7. The van der Waals surface area contributed by atoms with E-state index < -0.39 is 17.9 Å². The zero-order valence-electron chi connectivity index (χ0n) is 10.7. The van der Waals surface area contributed by atoms with Gasteiger partial charge in [-0.3, -0.25) is 4.79 Å². The highest BCUT2D eigenvalue weighted by atomic mass is 16.5. The van der Waals surface area contributed by atoms with Gasteiger partial charge in [0.25, 0.3) is 0 Å². The monoisotopic (exact) mass is 260 g/mol. The summed E-state index contributed by atoms with van der Waals surface area (Å²) in [5.74, 6) is -1.63. The van der Waals surface area contributed by atoms with E-state index in [1.807, 2.05) is 0 Å². The van der Waals surface area contributed by atoms with Gasteiger partial charge >= 0.3 is 12.0 Å². The van der Waals surface area contributed by atoms with Crippen molar-refractivity contribution in [2.24, 2.45) is 5.92 Å². The first-order valence-corrected chi connectivity index (χ1v) is 5.96. The van der Waals surface area contributed by atoms with E-state index in [1.165, 1.54) is 9.80 Å². The molecule has 2 atom stereocenters. The molecule has 0 aliphatic carbocycles. The predicted molar refractivity (Wildman–Crippen MR) is 63.2 cm³/mol. The zero-order valence-corrected chi connectivity index (χ0v) is 10.7. The van der Waals surface area contributed by atoms with Crippen molar-refractivity contribution in [2.45, 2.75) is 13.0 Å². The van der Waals surface area contributed by atoms with Crippen molar-refractivity contribution in [1.29, 1.82) is 0 Å². The molecule has 1 saturated heterocycles. The third-order valence-corrected chi connectivity index (χ3v) is 3.12. The molecule has 1 rings (SSSR count). The van der Waals surface area contributed by atoms with Gasteiger partial charge in [0.05, 0.1) is 25.9 Å². The number of aliphatic carboxylic acids is 1. The molecule has 2 unspecified atom stereocenters. The van der Waals surface area contributed by atoms with Gasteiger partial charge in [-0.25, -0.2) is 4.79 Å². The molecule has 7 heteroatoms. The average molecular weight is 260 g/mol. The summed E-state index contributed by atoms with van der Waals surface area (Å²) >= 11 is 0. The van der Waals surface area contributed by atoms with E-state index in [9.17, 15) is 9.59 Å². The molecular formula is C11H20N2O5. The lowest BCUT2D eigenvalue weighted by molar-refractivity contribution is -0.142. The lowest BCUT2D eigenvalue weighted by Gasteiger charge is -2.32. The number of amides is 2. The van der Waals surface area contributed by atoms with Crippen molar-refractivity contribution in [2.75, 3.05) is 40.0 Å². The molecule has 0 spiro atoms. The summed E-state index contributed by atoms with van der Waals surface area (Å²) in [6.45, 7) is 2.68. The number of hydrogen-bond donors (Lipinski definition) is 2. The van der Waals surface area contributed by atoms with E-state index >= 15 is 0 Å². The van der Waals surface area contributed by atoms with Crippen LogP contribution in [0.3, 0.4) is 0 Å². The van der Waals surface area contributed by atoms with Gasteiger partial charge in [0.15, 0.2) is 0 Å². The fourth-order valence-electron chi connectivity index (χ4n) is 2.06. The molecule has 1 fully saturated rings. The Bertz CT molecular complexity index is 310. The molecule has 2 N–H and O–H groups in total. The maximum atomic E-state index is 12.1. The first kappa shape index (κ1) is 14.7. The molecule has 0 aromatic rings. The Morgan fingerprint density at radius 1 is 1.39 bits per heavy atom. The third kappa shape index (κ3) is 3.11. The van der Waals surface area contributed by atoms with Crippen molar-refractivity contribution in [1.82, 2.24) is 9.80 Å². The molecule has 18 heavy (non-hydrogen) atoms. The number of carboxylic acid groups (broad SMARTS) is 1. The van der Waals surface area contributed by atoms with E-state index in [0.717, 1.165) is 0 Å². The summed E-state index contributed by atoms with van der Waals surface area (Å²) in [5, 5.41) is 17.9. The van der Waals surface area contributed by atoms with Crippen molar-refractivity contribution in [3.63, 3.8) is 0 Å². The van der Waals surface area contributed by atoms with Crippen LogP contribution >= 0.6 is 0 Å². The van der Waals surface area contributed by atoms with E-state index in [-0.39, 0.29) is 32.4 Å². The number of nitrogens with zero attached hydrogens (tertiary/aromatic N) is 2. The predicted octanol–water partition coefficient (Wildman–Crippen LogP) is -0.548. The minimum Gasteiger partial charge on any atom is -0.481 e. The Morgan fingerprint density at radius 3 is 2.56 bits per heavy atom. The second-order valence-electron chi connectivity index (χ2n) is 4.26. The highest BCUT2D eigenvalue weighted by molar-refractivity contribution is 5.77. The SMILES string of the molecule is CCN(C(=O)N(C)CCO)C1COCC1C(=O)O. The quantitative estimate of drug-likeness (QED) is 0.692. The summed E-state index contributed by atoms with van der Waals surface area (Å²) in [6.07, 6.45) is 0. The highest BCUT2D eigenvalue weighted by Crippen LogP contribution is 2.21. The second kappa shape index (κ2) is 6.55. The molecule has 1 heterocycles. The first-order chi connectivity index (χ1) is 8.52. The van der Waals surface area contributed by atoms with E-state index in [4.69, 9.17) is 14.9 Å². The molecule has 0 radical (unpaired) electrons. The third-order valence-electron chi connectivity index (χ3n) is 3.12. The van der Waals surface area contributed by atoms with Gasteiger partial charge in [0, 0.05) is 20.1 Å². The Morgan fingerprint density at radius 2 is 2.06 bits per heavy atom. The first-order valence-electron chi connectivity index (χ1n) is 5.96. The van der Waals surface area contributed by atoms with Crippen LogP contribution in [-0.2, 0) is 9.53 Å². The Labute approximate surface area is 106 Å². The molecule has 0 aromatic carbocycles. The minimum atomic E-state index is -0.950. The molecular weight excluding hydrogens is 240 g/mol. The molecule has 104 valence electrons. The number of aliphatic hydroxyl groups is 1. The Kier molecular flexibility index (Phi) is 5.36. The topological polar surface area (TPSA) is 90.3 Å². The summed E-state index contributed by atoms with van der Waals surface area (Å²) < 4.78 is 5.16. The smallest absolute Gasteiger partial charge is 0.320 e. The van der Waals surface area contributed by atoms with Crippen LogP contribution in [0.2, 0.25) is 0 Å². The number of urea groups is 1. The number of ether oxygens (including phenoxy) is 1. The molecule has 0 bridgehead atoms. The number of carbonyl (C=O) groups is 2. The summed E-state index contributed by atoms with van der Waals surface area (Å²) in [4.78, 5) is 26.1. The van der Waals surface area contributed by atoms with Crippen LogP contribution < -0.4 is 0 Å². The number of rotatable bonds is 5. The maximum Gasteiger partial charge on any atom is 0.320 e. The summed E-state index contributed by atoms with van der Waals surface area (Å²) in [6, 6.07) is -0.727. The molecule has 0 saturated carbocycles. The second-order valence-corrected chi connectivity index (χ2v) is 4.26. The van der Waals surface area contributed by atoms with Gasteiger partial charge in [-0.2, -0.15) is 0 Å². The van der Waals surface area contributed by atoms with Crippen LogP contribution in [0.1, 0.15) is 6.92 Å². The van der Waals surface area contributed by atoms with E-state index in [1.54, 1.807) is 14.0 Å². The van der Waals surface area contributed by atoms with Crippen LogP contribution in [0.15, 0.2) is 0 Å². The van der Waals surface area contributed by atoms with Crippen LogP contribution in [-0.4, -0.2) is 78.0 Å². The molecule has 0 aromatic heterocycles. The van der Waals surface area contributed by atoms with E-state index in [0.29, 0.717) is 6.54 Å². The van der Waals surface area contributed by atoms with Crippen molar-refractivity contribution in [3.8, 4) is 0 Å². The molecule has 1 aliphatic heterocycles. The number of carboxylic acids is 1. The van der Waals surface area contributed by atoms with E-state index in [2.05, 4.69) is 0 Å². The van der Waals surface area contributed by atoms with Crippen LogP contribution in [0.4, 0.5) is 4.79 Å². The van der Waals surface area contributed by atoms with Crippen molar-refractivity contribution in [3.05, 3.63) is 0 Å². The van der Waals surface area contributed by atoms with Gasteiger partial charge in [-0.1, -0.05) is 0 Å². The van der Waals surface area contributed by atoms with Gasteiger partial charge < -0.3 is 24.7 Å². The standard InChI is InChI=1S/C11H20N2O5/c1-3-13(11(17)12(2)4-5-14)9-7-18-6-8(9)10(15)16/h8-9,14H,3-7H2,1-2H3,(H,15,16). The van der Waals surface area contributed by atoms with Crippen LogP contribution in [0, 0.1) is 5.92 Å². The summed E-state index contributed by atoms with van der Waals surface area (Å²) in [5.41, 5.74) is 0. The average Bonchev–Trinajstić information content (AvgIpc) is 2.79. The Balaban J connectivity index is 2.76. The van der Waals surface area contributed by atoms with Crippen LogP contribution in [0.25, 0.3) is 0 Å². The highest BCUT2D eigenvalue weighted by Gasteiger charge is 2.40. The lowest BCUT2D eigenvalue weighted by Crippen LogP contribution is -2.51. The Hall–Kier alpha value is -1.34. The number of hydrogen-bond acceptors (Lipinski definition) is 4. The van der Waals surface area contributed by atoms with Crippen molar-refractivity contribution >= 4 is 12.0 Å². The fraction of sp³-hybridized carbons (Fsp3) is 0.818. The van der Waals surface area contributed by atoms with Gasteiger partial charge in [-0.05, 0) is 6.92 Å². The number of aliphatic hydroxyl groups excluding tert-OH is 1. The van der Waals surface area contributed by atoms with Gasteiger partial charge in [0.2, 0.25) is 0 Å². The molecule has 7 nitrogen and oxygen atoms in total. The fourth-order valence-corrected chi connectivity index (χ4v) is 2.06.